The fraction of sp³-hybridized carbons (Fsp3) is 0.500. The Hall–Kier alpha value is -1.72. The van der Waals surface area contributed by atoms with E-state index in [9.17, 15) is 0 Å². The van der Waals surface area contributed by atoms with Gasteiger partial charge in [0.05, 0.1) is 16.9 Å². The summed E-state index contributed by atoms with van der Waals surface area (Å²) in [5, 5.41) is 0. The van der Waals surface area contributed by atoms with E-state index in [1.54, 1.807) is 6.33 Å². The maximum Gasteiger partial charge on any atom is 0.494 e. The fourth-order valence-corrected chi connectivity index (χ4v) is 2.72. The molecule has 0 saturated carbocycles. The van der Waals surface area contributed by atoms with Crippen LogP contribution in [0.1, 0.15) is 54.2 Å². The maximum atomic E-state index is 6.11. The van der Waals surface area contributed by atoms with Crippen molar-refractivity contribution in [2.45, 2.75) is 65.1 Å². The molecule has 1 aromatic carbocycles. The van der Waals surface area contributed by atoms with Crippen LogP contribution in [0.4, 0.5) is 0 Å². The van der Waals surface area contributed by atoms with Gasteiger partial charge in [0, 0.05) is 16.7 Å². The number of hydrogen-bond acceptors (Lipinski definition) is 4. The van der Waals surface area contributed by atoms with Gasteiger partial charge in [-0.1, -0.05) is 45.0 Å². The molecule has 0 radical (unpaired) electrons. The monoisotopic (exact) mass is 338 g/mol. The van der Waals surface area contributed by atoms with Gasteiger partial charge in [-0.2, -0.15) is 0 Å². The highest BCUT2D eigenvalue weighted by Crippen LogP contribution is 2.36. The van der Waals surface area contributed by atoms with Crippen LogP contribution in [-0.4, -0.2) is 28.3 Å². The molecule has 0 aliphatic carbocycles. The van der Waals surface area contributed by atoms with Gasteiger partial charge in [-0.3, -0.25) is 0 Å². The first-order valence-electron chi connectivity index (χ1n) is 8.78. The van der Waals surface area contributed by atoms with Crippen LogP contribution in [-0.2, 0) is 14.7 Å². The van der Waals surface area contributed by atoms with Crippen LogP contribution >= 0.6 is 0 Å². The van der Waals surface area contributed by atoms with Crippen molar-refractivity contribution in [3.63, 3.8) is 0 Å². The second-order valence-electron chi connectivity index (χ2n) is 8.75. The molecule has 0 unspecified atom stereocenters. The second-order valence-corrected chi connectivity index (χ2v) is 8.75. The number of benzene rings is 1. The summed E-state index contributed by atoms with van der Waals surface area (Å²) < 4.78 is 12.2. The average molecular weight is 338 g/mol. The lowest BCUT2D eigenvalue weighted by Gasteiger charge is -2.32. The lowest BCUT2D eigenvalue weighted by Crippen LogP contribution is -2.41. The predicted octanol–water partition coefficient (Wildman–Crippen LogP) is 3.74. The molecule has 0 atom stereocenters. The molecule has 0 spiro atoms. The highest BCUT2D eigenvalue weighted by molar-refractivity contribution is 6.62. The van der Waals surface area contributed by atoms with Crippen LogP contribution < -0.4 is 5.46 Å². The van der Waals surface area contributed by atoms with E-state index in [0.29, 0.717) is 0 Å². The smallest absolute Gasteiger partial charge is 0.399 e. The Kier molecular flexibility index (Phi) is 4.29. The summed E-state index contributed by atoms with van der Waals surface area (Å²) in [5.74, 6) is 0. The van der Waals surface area contributed by atoms with E-state index in [0.717, 1.165) is 22.4 Å². The third-order valence-electron chi connectivity index (χ3n) is 5.17. The fourth-order valence-electron chi connectivity index (χ4n) is 2.72. The summed E-state index contributed by atoms with van der Waals surface area (Å²) in [6.07, 6.45) is 1.64. The Morgan fingerprint density at radius 2 is 1.44 bits per heavy atom. The summed E-state index contributed by atoms with van der Waals surface area (Å²) >= 11 is 0. The highest BCUT2D eigenvalue weighted by atomic mass is 16.7. The van der Waals surface area contributed by atoms with E-state index in [2.05, 4.69) is 88.8 Å². The van der Waals surface area contributed by atoms with Crippen molar-refractivity contribution in [1.82, 2.24) is 9.97 Å². The Bertz CT molecular complexity index is 748. The lowest BCUT2D eigenvalue weighted by molar-refractivity contribution is 0.00578. The van der Waals surface area contributed by atoms with Gasteiger partial charge in [-0.15, -0.1) is 0 Å². The number of nitrogens with zero attached hydrogens (tertiary/aromatic N) is 2. The topological polar surface area (TPSA) is 44.2 Å². The molecule has 4 nitrogen and oxygen atoms in total. The molecular formula is C20H27BN2O2. The number of aromatic nitrogens is 2. The van der Waals surface area contributed by atoms with E-state index in [1.165, 1.54) is 0 Å². The minimum absolute atomic E-state index is 0.000321. The van der Waals surface area contributed by atoms with Gasteiger partial charge < -0.3 is 9.31 Å². The van der Waals surface area contributed by atoms with Crippen molar-refractivity contribution in [3.05, 3.63) is 42.4 Å². The Morgan fingerprint density at radius 3 is 1.96 bits per heavy atom. The molecule has 132 valence electrons. The third kappa shape index (κ3) is 3.49. The Labute approximate surface area is 151 Å². The standard InChI is InChI=1S/C20H27BN2O2/c1-18(2,3)17-12-16(22-13-23-17)14-8-10-15(11-9-14)21-24-19(4,5)20(6,7)25-21/h8-13H,1-7H3. The molecule has 1 fully saturated rings. The van der Waals surface area contributed by atoms with Crippen molar-refractivity contribution >= 4 is 12.6 Å². The first kappa shape index (κ1) is 18.1. The molecule has 5 heteroatoms. The minimum Gasteiger partial charge on any atom is -0.399 e. The van der Waals surface area contributed by atoms with Crippen LogP contribution in [0.3, 0.4) is 0 Å². The van der Waals surface area contributed by atoms with Gasteiger partial charge in [0.2, 0.25) is 0 Å². The van der Waals surface area contributed by atoms with E-state index in [-0.39, 0.29) is 23.7 Å². The van der Waals surface area contributed by atoms with Gasteiger partial charge in [0.1, 0.15) is 6.33 Å². The predicted molar refractivity (Wildman–Crippen MR) is 102 cm³/mol. The zero-order valence-electron chi connectivity index (χ0n) is 16.3. The largest absolute Gasteiger partial charge is 0.494 e. The quantitative estimate of drug-likeness (QED) is 0.783. The van der Waals surface area contributed by atoms with Crippen LogP contribution in [0.2, 0.25) is 0 Å². The third-order valence-corrected chi connectivity index (χ3v) is 5.17. The van der Waals surface area contributed by atoms with Crippen LogP contribution in [0.25, 0.3) is 11.3 Å². The van der Waals surface area contributed by atoms with E-state index < -0.39 is 0 Å². The summed E-state index contributed by atoms with van der Waals surface area (Å²) in [4.78, 5) is 8.82. The molecule has 1 aromatic heterocycles. The number of hydrogen-bond donors (Lipinski definition) is 0. The number of rotatable bonds is 2. The normalized spacial score (nSPS) is 19.2. The van der Waals surface area contributed by atoms with E-state index in [1.807, 2.05) is 0 Å². The molecular weight excluding hydrogens is 311 g/mol. The van der Waals surface area contributed by atoms with Crippen molar-refractivity contribution in [2.24, 2.45) is 0 Å². The molecule has 0 N–H and O–H groups in total. The van der Waals surface area contributed by atoms with Gasteiger partial charge >= 0.3 is 7.12 Å². The zero-order valence-corrected chi connectivity index (χ0v) is 16.3. The van der Waals surface area contributed by atoms with Crippen LogP contribution in [0.5, 0.6) is 0 Å². The van der Waals surface area contributed by atoms with Crippen molar-refractivity contribution in [1.29, 1.82) is 0 Å². The zero-order chi connectivity index (χ0) is 18.5. The van der Waals surface area contributed by atoms with E-state index in [4.69, 9.17) is 9.31 Å². The average Bonchev–Trinajstić information content (AvgIpc) is 2.75. The molecule has 0 bridgehead atoms. The Morgan fingerprint density at radius 1 is 0.880 bits per heavy atom. The van der Waals surface area contributed by atoms with E-state index >= 15 is 0 Å². The van der Waals surface area contributed by atoms with Crippen LogP contribution in [0, 0.1) is 0 Å². The summed E-state index contributed by atoms with van der Waals surface area (Å²) in [7, 11) is -0.338. The van der Waals surface area contributed by atoms with Crippen molar-refractivity contribution < 1.29 is 9.31 Å². The summed E-state index contributed by atoms with van der Waals surface area (Å²) in [5.41, 5.74) is 3.39. The molecule has 1 saturated heterocycles. The molecule has 1 aliphatic heterocycles. The minimum atomic E-state index is -0.338. The Balaban J connectivity index is 1.85. The molecule has 2 aromatic rings. The lowest BCUT2D eigenvalue weighted by atomic mass is 9.78. The van der Waals surface area contributed by atoms with Gasteiger partial charge in [-0.05, 0) is 39.2 Å². The van der Waals surface area contributed by atoms with Crippen molar-refractivity contribution in [3.8, 4) is 11.3 Å². The molecule has 25 heavy (non-hydrogen) atoms. The van der Waals surface area contributed by atoms with Gasteiger partial charge in [0.25, 0.3) is 0 Å². The SMILES string of the molecule is CC(C)(C)c1cc(-c2ccc(B3OC(C)(C)C(C)(C)O3)cc2)ncn1. The first-order chi connectivity index (χ1) is 11.5. The highest BCUT2D eigenvalue weighted by Gasteiger charge is 2.51. The molecule has 0 amide bonds. The van der Waals surface area contributed by atoms with Gasteiger partial charge in [-0.25, -0.2) is 9.97 Å². The maximum absolute atomic E-state index is 6.11. The van der Waals surface area contributed by atoms with Gasteiger partial charge in [0.15, 0.2) is 0 Å². The molecule has 2 heterocycles. The summed E-state index contributed by atoms with van der Waals surface area (Å²) in [6.45, 7) is 14.7. The molecule has 1 aliphatic rings. The first-order valence-corrected chi connectivity index (χ1v) is 8.78. The van der Waals surface area contributed by atoms with Crippen LogP contribution in [0.15, 0.2) is 36.7 Å². The molecule has 3 rings (SSSR count). The van der Waals surface area contributed by atoms with Crippen molar-refractivity contribution in [2.75, 3.05) is 0 Å². The summed E-state index contributed by atoms with van der Waals surface area (Å²) in [6, 6.07) is 10.3. The second kappa shape index (κ2) is 5.92.